The quantitative estimate of drug-likeness (QED) is 0.274. The number of hydrogen-bond donors (Lipinski definition) is 1. The highest BCUT2D eigenvalue weighted by atomic mass is 16.5. The molecule has 0 unspecified atom stereocenters. The van der Waals surface area contributed by atoms with Gasteiger partial charge in [-0.25, -0.2) is 4.79 Å². The van der Waals surface area contributed by atoms with Crippen molar-refractivity contribution >= 4 is 5.97 Å². The molecular formula is C20H38O3. The van der Waals surface area contributed by atoms with E-state index in [9.17, 15) is 9.90 Å². The van der Waals surface area contributed by atoms with Crippen LogP contribution in [0.15, 0.2) is 12.2 Å². The summed E-state index contributed by atoms with van der Waals surface area (Å²) >= 11 is 0. The number of carbonyl (C=O) groups is 1. The topological polar surface area (TPSA) is 46.5 Å². The van der Waals surface area contributed by atoms with Gasteiger partial charge in [-0.15, -0.1) is 0 Å². The Morgan fingerprint density at radius 2 is 1.39 bits per heavy atom. The van der Waals surface area contributed by atoms with Gasteiger partial charge in [0.05, 0.1) is 0 Å². The molecule has 3 nitrogen and oxygen atoms in total. The van der Waals surface area contributed by atoms with Crippen LogP contribution in [0.4, 0.5) is 0 Å². The summed E-state index contributed by atoms with van der Waals surface area (Å²) in [5.74, 6) is -0.829. The van der Waals surface area contributed by atoms with E-state index in [-0.39, 0.29) is 0 Å². The van der Waals surface area contributed by atoms with Gasteiger partial charge in [-0.2, -0.15) is 0 Å². The first kappa shape index (κ1) is 22.2. The average molecular weight is 327 g/mol. The first-order valence-corrected chi connectivity index (χ1v) is 9.65. The average Bonchev–Trinajstić information content (AvgIpc) is 2.55. The Balaban J connectivity index is 3.53. The van der Waals surface area contributed by atoms with Crippen molar-refractivity contribution < 1.29 is 14.6 Å². The molecule has 0 bridgehead atoms. The molecule has 0 atom stereocenters. The SMILES string of the molecule is CCCCCCCC=CCCCCCOC(CC)(CC)C(=O)O. The van der Waals surface area contributed by atoms with Gasteiger partial charge in [-0.05, 0) is 44.9 Å². The maximum Gasteiger partial charge on any atom is 0.335 e. The molecule has 0 aromatic carbocycles. The number of carboxylic acids is 1. The third-order valence-corrected chi connectivity index (χ3v) is 4.57. The molecular weight excluding hydrogens is 288 g/mol. The van der Waals surface area contributed by atoms with E-state index < -0.39 is 11.6 Å². The van der Waals surface area contributed by atoms with E-state index in [1.165, 1.54) is 38.5 Å². The van der Waals surface area contributed by atoms with Crippen LogP contribution >= 0.6 is 0 Å². The monoisotopic (exact) mass is 326 g/mol. The molecule has 136 valence electrons. The second-order valence-electron chi connectivity index (χ2n) is 6.38. The standard InChI is InChI=1S/C20H38O3/c1-4-7-8-9-10-11-12-13-14-15-16-17-18-23-20(5-2,6-3)19(21)22/h12-13H,4-11,14-18H2,1-3H3,(H,21,22). The van der Waals surface area contributed by atoms with Gasteiger partial charge in [-0.3, -0.25) is 0 Å². The van der Waals surface area contributed by atoms with Gasteiger partial charge in [0.1, 0.15) is 0 Å². The van der Waals surface area contributed by atoms with Crippen molar-refractivity contribution in [1.82, 2.24) is 0 Å². The van der Waals surface area contributed by atoms with Gasteiger partial charge in [0.2, 0.25) is 0 Å². The molecule has 23 heavy (non-hydrogen) atoms. The van der Waals surface area contributed by atoms with Gasteiger partial charge in [-0.1, -0.05) is 65.0 Å². The third kappa shape index (κ3) is 10.5. The van der Waals surface area contributed by atoms with Crippen LogP contribution in [0.2, 0.25) is 0 Å². The third-order valence-electron chi connectivity index (χ3n) is 4.57. The zero-order valence-electron chi connectivity index (χ0n) is 15.6. The summed E-state index contributed by atoms with van der Waals surface area (Å²) in [6.45, 7) is 6.56. The van der Waals surface area contributed by atoms with Gasteiger partial charge in [0.25, 0.3) is 0 Å². The Labute approximate surface area is 143 Å². The summed E-state index contributed by atoms with van der Waals surface area (Å²) in [5, 5.41) is 9.28. The fourth-order valence-corrected chi connectivity index (χ4v) is 2.73. The number of carboxylic acid groups (broad SMARTS) is 1. The molecule has 0 radical (unpaired) electrons. The molecule has 3 heteroatoms. The Kier molecular flexibility index (Phi) is 14.2. The summed E-state index contributed by atoms with van der Waals surface area (Å²) in [5.41, 5.74) is -0.975. The number of hydrogen-bond acceptors (Lipinski definition) is 2. The fraction of sp³-hybridized carbons (Fsp3) is 0.850. The van der Waals surface area contributed by atoms with Crippen molar-refractivity contribution in [2.24, 2.45) is 0 Å². The molecule has 0 aromatic rings. The van der Waals surface area contributed by atoms with Crippen LogP contribution in [-0.4, -0.2) is 23.3 Å². The molecule has 0 saturated carbocycles. The van der Waals surface area contributed by atoms with Crippen molar-refractivity contribution in [1.29, 1.82) is 0 Å². The van der Waals surface area contributed by atoms with Crippen molar-refractivity contribution in [3.05, 3.63) is 12.2 Å². The van der Waals surface area contributed by atoms with Crippen LogP contribution in [0.1, 0.15) is 97.8 Å². The van der Waals surface area contributed by atoms with Gasteiger partial charge in [0.15, 0.2) is 5.60 Å². The van der Waals surface area contributed by atoms with E-state index in [0.29, 0.717) is 19.4 Å². The number of aliphatic carboxylic acids is 1. The second-order valence-corrected chi connectivity index (χ2v) is 6.38. The Bertz CT molecular complexity index is 306. The summed E-state index contributed by atoms with van der Waals surface area (Å²) in [6.07, 6.45) is 17.9. The van der Waals surface area contributed by atoms with Crippen LogP contribution < -0.4 is 0 Å². The number of unbranched alkanes of at least 4 members (excludes halogenated alkanes) is 8. The van der Waals surface area contributed by atoms with Crippen LogP contribution in [0.5, 0.6) is 0 Å². The number of rotatable bonds is 16. The molecule has 0 spiro atoms. The minimum atomic E-state index is -0.975. The van der Waals surface area contributed by atoms with Crippen LogP contribution in [0.3, 0.4) is 0 Å². The first-order valence-electron chi connectivity index (χ1n) is 9.65. The molecule has 1 N–H and O–H groups in total. The molecule has 0 amide bonds. The lowest BCUT2D eigenvalue weighted by atomic mass is 9.97. The highest BCUT2D eigenvalue weighted by Gasteiger charge is 2.35. The van der Waals surface area contributed by atoms with Crippen LogP contribution in [-0.2, 0) is 9.53 Å². The zero-order valence-corrected chi connectivity index (χ0v) is 15.6. The van der Waals surface area contributed by atoms with E-state index in [4.69, 9.17) is 4.74 Å². The van der Waals surface area contributed by atoms with E-state index in [0.717, 1.165) is 25.7 Å². The number of ether oxygens (including phenoxy) is 1. The summed E-state index contributed by atoms with van der Waals surface area (Å²) in [4.78, 5) is 11.3. The van der Waals surface area contributed by atoms with Crippen molar-refractivity contribution in [3.63, 3.8) is 0 Å². The van der Waals surface area contributed by atoms with Crippen molar-refractivity contribution in [3.8, 4) is 0 Å². The predicted octanol–water partition coefficient (Wildman–Crippen LogP) is 6.12. The normalized spacial score (nSPS) is 12.1. The van der Waals surface area contributed by atoms with Crippen molar-refractivity contribution in [2.75, 3.05) is 6.61 Å². The summed E-state index contributed by atoms with van der Waals surface area (Å²) < 4.78 is 5.66. The van der Waals surface area contributed by atoms with E-state index in [2.05, 4.69) is 19.1 Å². The molecule has 0 aliphatic rings. The first-order chi connectivity index (χ1) is 11.1. The minimum Gasteiger partial charge on any atom is -0.479 e. The van der Waals surface area contributed by atoms with E-state index in [1.54, 1.807) is 0 Å². The minimum absolute atomic E-state index is 0.528. The van der Waals surface area contributed by atoms with Gasteiger partial charge < -0.3 is 9.84 Å². The molecule has 0 aliphatic carbocycles. The molecule has 0 fully saturated rings. The molecule has 0 heterocycles. The zero-order chi connectivity index (χ0) is 17.4. The molecule has 0 saturated heterocycles. The Morgan fingerprint density at radius 3 is 1.87 bits per heavy atom. The van der Waals surface area contributed by atoms with Crippen LogP contribution in [0.25, 0.3) is 0 Å². The summed E-state index contributed by atoms with van der Waals surface area (Å²) in [6, 6.07) is 0. The van der Waals surface area contributed by atoms with E-state index >= 15 is 0 Å². The van der Waals surface area contributed by atoms with Gasteiger partial charge >= 0.3 is 5.97 Å². The lowest BCUT2D eigenvalue weighted by Crippen LogP contribution is -2.40. The maximum absolute atomic E-state index is 11.3. The smallest absolute Gasteiger partial charge is 0.335 e. The van der Waals surface area contributed by atoms with Crippen LogP contribution in [0, 0.1) is 0 Å². The summed E-state index contributed by atoms with van der Waals surface area (Å²) in [7, 11) is 0. The number of allylic oxidation sites excluding steroid dienone is 2. The predicted molar refractivity (Wildman–Crippen MR) is 97.9 cm³/mol. The Morgan fingerprint density at radius 1 is 0.870 bits per heavy atom. The Hall–Kier alpha value is -0.830. The lowest BCUT2D eigenvalue weighted by molar-refractivity contribution is -0.167. The van der Waals surface area contributed by atoms with Crippen molar-refractivity contribution in [2.45, 2.75) is 103 Å². The van der Waals surface area contributed by atoms with Gasteiger partial charge in [0, 0.05) is 6.61 Å². The second kappa shape index (κ2) is 14.7. The molecule has 0 aliphatic heterocycles. The lowest BCUT2D eigenvalue weighted by Gasteiger charge is -2.27. The largest absolute Gasteiger partial charge is 0.479 e. The van der Waals surface area contributed by atoms with E-state index in [1.807, 2.05) is 13.8 Å². The highest BCUT2D eigenvalue weighted by molar-refractivity contribution is 5.77. The maximum atomic E-state index is 11.3. The molecule has 0 aromatic heterocycles. The highest BCUT2D eigenvalue weighted by Crippen LogP contribution is 2.21. The molecule has 0 rings (SSSR count). The fourth-order valence-electron chi connectivity index (χ4n) is 2.73.